The molecular formula is C18H17N3O3S. The molecule has 0 fully saturated rings. The van der Waals surface area contributed by atoms with E-state index in [0.717, 1.165) is 10.9 Å². The van der Waals surface area contributed by atoms with E-state index in [1.54, 1.807) is 44.2 Å². The second kappa shape index (κ2) is 6.62. The summed E-state index contributed by atoms with van der Waals surface area (Å²) in [6.45, 7) is 3.50. The minimum Gasteiger partial charge on any atom is -0.272 e. The Labute approximate surface area is 145 Å². The van der Waals surface area contributed by atoms with Crippen molar-refractivity contribution in [2.45, 2.75) is 18.7 Å². The van der Waals surface area contributed by atoms with Crippen LogP contribution in [0.1, 0.15) is 21.6 Å². The van der Waals surface area contributed by atoms with Gasteiger partial charge < -0.3 is 0 Å². The topological polar surface area (TPSA) is 88.2 Å². The number of amides is 1. The number of sulfonamides is 1. The van der Waals surface area contributed by atoms with Crippen molar-refractivity contribution in [2.24, 2.45) is 0 Å². The Balaban J connectivity index is 1.79. The number of hydrazine groups is 1. The largest absolute Gasteiger partial charge is 0.284 e. The molecule has 1 aromatic heterocycles. The number of hydrogen-bond donors (Lipinski definition) is 2. The first-order chi connectivity index (χ1) is 11.9. The molecule has 0 unspecified atom stereocenters. The lowest BCUT2D eigenvalue weighted by Gasteiger charge is -2.11. The van der Waals surface area contributed by atoms with Crippen molar-refractivity contribution in [2.75, 3.05) is 0 Å². The number of para-hydroxylation sites is 1. The van der Waals surface area contributed by atoms with Crippen LogP contribution in [0.4, 0.5) is 0 Å². The van der Waals surface area contributed by atoms with E-state index in [4.69, 9.17) is 0 Å². The zero-order chi connectivity index (χ0) is 18.0. The van der Waals surface area contributed by atoms with E-state index in [2.05, 4.69) is 15.2 Å². The minimum atomic E-state index is -3.87. The predicted octanol–water partition coefficient (Wildman–Crippen LogP) is 2.47. The Bertz CT molecular complexity index is 1060. The normalized spacial score (nSPS) is 11.4. The fourth-order valence-electron chi connectivity index (χ4n) is 2.42. The van der Waals surface area contributed by atoms with Crippen molar-refractivity contribution in [1.82, 2.24) is 15.2 Å². The van der Waals surface area contributed by atoms with Crippen molar-refractivity contribution in [3.63, 3.8) is 0 Å². The molecule has 2 N–H and O–H groups in total. The third kappa shape index (κ3) is 3.67. The molecule has 0 aliphatic rings. The molecule has 0 spiro atoms. The van der Waals surface area contributed by atoms with E-state index in [1.807, 2.05) is 24.3 Å². The van der Waals surface area contributed by atoms with Crippen molar-refractivity contribution in [3.05, 3.63) is 71.4 Å². The van der Waals surface area contributed by atoms with E-state index in [1.165, 1.54) is 0 Å². The second-order valence-corrected chi connectivity index (χ2v) is 7.37. The fraction of sp³-hybridized carbons (Fsp3) is 0.111. The lowest BCUT2D eigenvalue weighted by molar-refractivity contribution is 0.0940. The van der Waals surface area contributed by atoms with Gasteiger partial charge in [-0.1, -0.05) is 36.4 Å². The van der Waals surface area contributed by atoms with E-state index in [0.29, 0.717) is 11.1 Å². The Morgan fingerprint density at radius 2 is 1.76 bits per heavy atom. The number of nitrogens with zero attached hydrogens (tertiary/aromatic N) is 1. The maximum atomic E-state index is 12.4. The third-order valence-corrected chi connectivity index (χ3v) is 5.15. The van der Waals surface area contributed by atoms with Gasteiger partial charge in [0.2, 0.25) is 0 Å². The average Bonchev–Trinajstić information content (AvgIpc) is 2.61. The van der Waals surface area contributed by atoms with Gasteiger partial charge in [-0.25, -0.2) is 13.4 Å². The van der Waals surface area contributed by atoms with Crippen LogP contribution >= 0.6 is 0 Å². The molecule has 7 heteroatoms. The van der Waals surface area contributed by atoms with Crippen LogP contribution in [0.3, 0.4) is 0 Å². The third-order valence-electron chi connectivity index (χ3n) is 3.76. The first-order valence-electron chi connectivity index (χ1n) is 7.62. The Morgan fingerprint density at radius 1 is 1.00 bits per heavy atom. The quantitative estimate of drug-likeness (QED) is 0.704. The summed E-state index contributed by atoms with van der Waals surface area (Å²) in [6.07, 6.45) is 0. The molecule has 0 radical (unpaired) electrons. The second-order valence-electron chi connectivity index (χ2n) is 5.72. The van der Waals surface area contributed by atoms with E-state index < -0.39 is 15.9 Å². The first kappa shape index (κ1) is 17.1. The van der Waals surface area contributed by atoms with Crippen LogP contribution in [0, 0.1) is 13.8 Å². The molecule has 0 saturated carbocycles. The van der Waals surface area contributed by atoms with Crippen LogP contribution in [0.25, 0.3) is 10.9 Å². The molecule has 0 bridgehead atoms. The van der Waals surface area contributed by atoms with Gasteiger partial charge in [-0.05, 0) is 43.2 Å². The zero-order valence-corrected chi connectivity index (χ0v) is 14.6. The van der Waals surface area contributed by atoms with Crippen LogP contribution in [0.15, 0.2) is 59.5 Å². The number of fused-ring (bicyclic) bond motifs is 1. The van der Waals surface area contributed by atoms with Crippen molar-refractivity contribution in [1.29, 1.82) is 0 Å². The highest BCUT2D eigenvalue weighted by Gasteiger charge is 2.18. The summed E-state index contributed by atoms with van der Waals surface area (Å²) >= 11 is 0. The molecular weight excluding hydrogens is 338 g/mol. The van der Waals surface area contributed by atoms with Gasteiger partial charge in [0.05, 0.1) is 10.4 Å². The number of aryl methyl sites for hydroxylation is 2. The smallest absolute Gasteiger partial charge is 0.272 e. The highest BCUT2D eigenvalue weighted by molar-refractivity contribution is 7.89. The lowest BCUT2D eigenvalue weighted by atomic mass is 10.2. The summed E-state index contributed by atoms with van der Waals surface area (Å²) < 4.78 is 24.8. The molecule has 3 aromatic rings. The molecule has 0 aliphatic carbocycles. The number of aromatic nitrogens is 1. The van der Waals surface area contributed by atoms with Gasteiger partial charge in [0.25, 0.3) is 15.9 Å². The van der Waals surface area contributed by atoms with Crippen molar-refractivity contribution >= 4 is 26.8 Å². The zero-order valence-electron chi connectivity index (χ0n) is 13.8. The van der Waals surface area contributed by atoms with Crippen LogP contribution in [-0.2, 0) is 10.0 Å². The van der Waals surface area contributed by atoms with Crippen LogP contribution < -0.4 is 10.3 Å². The first-order valence-corrected chi connectivity index (χ1v) is 9.10. The van der Waals surface area contributed by atoms with Gasteiger partial charge in [-0.2, -0.15) is 0 Å². The number of carbonyl (C=O) groups excluding carboxylic acids is 1. The van der Waals surface area contributed by atoms with E-state index >= 15 is 0 Å². The number of benzene rings is 2. The molecule has 6 nitrogen and oxygen atoms in total. The number of carbonyl (C=O) groups is 1. The van der Waals surface area contributed by atoms with E-state index in [9.17, 15) is 13.2 Å². The summed E-state index contributed by atoms with van der Waals surface area (Å²) in [7, 11) is -3.87. The van der Waals surface area contributed by atoms with E-state index in [-0.39, 0.29) is 10.6 Å². The highest BCUT2D eigenvalue weighted by Crippen LogP contribution is 2.16. The molecule has 128 valence electrons. The van der Waals surface area contributed by atoms with Gasteiger partial charge in [-0.15, -0.1) is 4.83 Å². The van der Waals surface area contributed by atoms with Gasteiger partial charge in [0.15, 0.2) is 0 Å². The maximum Gasteiger partial charge on any atom is 0.284 e. The van der Waals surface area contributed by atoms with Gasteiger partial charge in [0.1, 0.15) is 5.69 Å². The van der Waals surface area contributed by atoms with Crippen molar-refractivity contribution in [3.8, 4) is 0 Å². The molecule has 2 aromatic carbocycles. The molecule has 25 heavy (non-hydrogen) atoms. The number of hydrogen-bond acceptors (Lipinski definition) is 4. The van der Waals surface area contributed by atoms with Gasteiger partial charge >= 0.3 is 0 Å². The number of pyridine rings is 1. The molecule has 3 rings (SSSR count). The minimum absolute atomic E-state index is 0.124. The molecule has 1 heterocycles. The Morgan fingerprint density at radius 3 is 2.56 bits per heavy atom. The van der Waals surface area contributed by atoms with Gasteiger partial charge in [0, 0.05) is 5.39 Å². The summed E-state index contributed by atoms with van der Waals surface area (Å²) in [6, 6.07) is 15.8. The summed E-state index contributed by atoms with van der Waals surface area (Å²) in [5, 5.41) is 0.898. The van der Waals surface area contributed by atoms with Crippen molar-refractivity contribution < 1.29 is 13.2 Å². The Kier molecular flexibility index (Phi) is 4.52. The molecule has 1 amide bonds. The fourth-order valence-corrected chi connectivity index (χ4v) is 3.59. The average molecular weight is 355 g/mol. The van der Waals surface area contributed by atoms with Crippen LogP contribution in [-0.4, -0.2) is 19.3 Å². The van der Waals surface area contributed by atoms with Crippen LogP contribution in [0.2, 0.25) is 0 Å². The predicted molar refractivity (Wildman–Crippen MR) is 95.4 cm³/mol. The number of nitrogens with one attached hydrogen (secondary N) is 2. The summed E-state index contributed by atoms with van der Waals surface area (Å²) in [4.78, 5) is 18.7. The molecule has 0 atom stereocenters. The molecule has 0 saturated heterocycles. The van der Waals surface area contributed by atoms with Crippen LogP contribution in [0.5, 0.6) is 0 Å². The summed E-state index contributed by atoms with van der Waals surface area (Å²) in [5.41, 5.74) is 4.40. The molecule has 0 aliphatic heterocycles. The summed E-state index contributed by atoms with van der Waals surface area (Å²) in [5.74, 6) is -0.625. The SMILES string of the molecule is Cc1ccc(C)c(S(=O)(=O)NNC(=O)c2ccc3ccccc3n2)c1. The standard InChI is InChI=1S/C18H17N3O3S/c1-12-7-8-13(2)17(11-12)25(23,24)21-20-18(22)16-10-9-14-5-3-4-6-15(14)19-16/h3-11,21H,1-2H3,(H,20,22). The lowest BCUT2D eigenvalue weighted by Crippen LogP contribution is -2.42. The monoisotopic (exact) mass is 355 g/mol. The number of rotatable bonds is 4. The highest BCUT2D eigenvalue weighted by atomic mass is 32.2. The Hall–Kier alpha value is -2.77. The van der Waals surface area contributed by atoms with Gasteiger partial charge in [-0.3, -0.25) is 10.2 Å². The maximum absolute atomic E-state index is 12.4.